The SMILES string of the molecule is c1ccc(C2=NC(c3ccccc3)C(c3ccccc3)=[N+]2c2ccc(-n3c4ccccc4c4ccccc43)cc2)cc1. The third-order valence-corrected chi connectivity index (χ3v) is 8.13. The van der Waals surface area contributed by atoms with Crippen molar-refractivity contribution in [3.05, 3.63) is 180 Å². The van der Waals surface area contributed by atoms with Crippen molar-refractivity contribution in [3.8, 4) is 5.69 Å². The molecule has 1 aliphatic heterocycles. The number of hydrogen-bond acceptors (Lipinski definition) is 1. The number of fused-ring (bicyclic) bond motifs is 3. The molecule has 7 aromatic rings. The second kappa shape index (κ2) is 10.1. The van der Waals surface area contributed by atoms with Crippen LogP contribution in [0, 0.1) is 0 Å². The highest BCUT2D eigenvalue weighted by atomic mass is 15.2. The molecule has 0 spiro atoms. The van der Waals surface area contributed by atoms with Gasteiger partial charge in [0.15, 0.2) is 5.71 Å². The summed E-state index contributed by atoms with van der Waals surface area (Å²) in [6.07, 6.45) is 0. The molecular formula is C39H28N3+. The van der Waals surface area contributed by atoms with Gasteiger partial charge in [-0.15, -0.1) is 0 Å². The Morgan fingerprint density at radius 2 is 0.976 bits per heavy atom. The molecule has 8 rings (SSSR count). The largest absolute Gasteiger partial charge is 0.331 e. The van der Waals surface area contributed by atoms with E-state index in [9.17, 15) is 0 Å². The number of hydrogen-bond donors (Lipinski definition) is 0. The first kappa shape index (κ1) is 24.3. The summed E-state index contributed by atoms with van der Waals surface area (Å²) in [6.45, 7) is 0. The summed E-state index contributed by atoms with van der Waals surface area (Å²) >= 11 is 0. The lowest BCUT2D eigenvalue weighted by Crippen LogP contribution is -2.22. The molecule has 198 valence electrons. The van der Waals surface area contributed by atoms with Crippen molar-refractivity contribution in [2.24, 2.45) is 4.99 Å². The van der Waals surface area contributed by atoms with Crippen LogP contribution in [0.15, 0.2) is 169 Å². The zero-order valence-electron chi connectivity index (χ0n) is 23.0. The van der Waals surface area contributed by atoms with Crippen molar-refractivity contribution in [2.75, 3.05) is 0 Å². The van der Waals surface area contributed by atoms with E-state index in [4.69, 9.17) is 4.99 Å². The van der Waals surface area contributed by atoms with Crippen molar-refractivity contribution >= 4 is 39.0 Å². The van der Waals surface area contributed by atoms with Gasteiger partial charge in [-0.1, -0.05) is 120 Å². The molecule has 0 aliphatic carbocycles. The van der Waals surface area contributed by atoms with E-state index in [1.54, 1.807) is 0 Å². The zero-order chi connectivity index (χ0) is 27.9. The molecule has 6 aromatic carbocycles. The fraction of sp³-hybridized carbons (Fsp3) is 0.0256. The van der Waals surface area contributed by atoms with Crippen LogP contribution in [-0.2, 0) is 0 Å². The standard InChI is InChI=1S/C39H28N3/c1-4-14-28(15-5-1)37-38(29-16-6-2-7-17-29)42(39(40-37)30-18-8-3-9-19-30)32-26-24-31(25-27-32)41-35-22-12-10-20-33(35)34-21-11-13-23-36(34)41/h1-27,37H/q+1. The first-order valence-electron chi connectivity index (χ1n) is 14.4. The lowest BCUT2D eigenvalue weighted by Gasteiger charge is -2.12. The molecule has 42 heavy (non-hydrogen) atoms. The van der Waals surface area contributed by atoms with Crippen LogP contribution in [0.2, 0.25) is 0 Å². The van der Waals surface area contributed by atoms with Gasteiger partial charge < -0.3 is 4.57 Å². The van der Waals surface area contributed by atoms with Crippen LogP contribution in [-0.4, -0.2) is 20.7 Å². The van der Waals surface area contributed by atoms with Crippen LogP contribution in [0.5, 0.6) is 0 Å². The van der Waals surface area contributed by atoms with Crippen molar-refractivity contribution in [3.63, 3.8) is 0 Å². The molecule has 3 nitrogen and oxygen atoms in total. The maximum absolute atomic E-state index is 5.40. The van der Waals surface area contributed by atoms with Gasteiger partial charge >= 0.3 is 5.84 Å². The topological polar surface area (TPSA) is 20.3 Å². The maximum atomic E-state index is 5.40. The van der Waals surface area contributed by atoms with E-state index in [1.165, 1.54) is 27.4 Å². The number of nitrogens with zero attached hydrogens (tertiary/aromatic N) is 3. The smallest absolute Gasteiger partial charge is 0.309 e. The van der Waals surface area contributed by atoms with E-state index in [0.717, 1.165) is 34.0 Å². The molecule has 0 radical (unpaired) electrons. The third-order valence-electron chi connectivity index (χ3n) is 8.13. The zero-order valence-corrected chi connectivity index (χ0v) is 23.0. The summed E-state index contributed by atoms with van der Waals surface area (Å²) < 4.78 is 4.71. The van der Waals surface area contributed by atoms with Gasteiger partial charge in [0.1, 0.15) is 5.69 Å². The molecule has 0 bridgehead atoms. The van der Waals surface area contributed by atoms with Crippen molar-refractivity contribution in [2.45, 2.75) is 6.04 Å². The van der Waals surface area contributed by atoms with Crippen molar-refractivity contribution in [1.29, 1.82) is 0 Å². The molecule has 0 N–H and O–H groups in total. The van der Waals surface area contributed by atoms with Crippen LogP contribution in [0.1, 0.15) is 22.7 Å². The minimum Gasteiger partial charge on any atom is -0.309 e. The second-order valence-corrected chi connectivity index (χ2v) is 10.6. The Morgan fingerprint density at radius 3 is 1.57 bits per heavy atom. The average molecular weight is 539 g/mol. The van der Waals surface area contributed by atoms with E-state index in [1.807, 2.05) is 0 Å². The van der Waals surface area contributed by atoms with E-state index in [2.05, 4.69) is 173 Å². The molecule has 0 fully saturated rings. The Morgan fingerprint density at radius 1 is 0.476 bits per heavy atom. The fourth-order valence-electron chi connectivity index (χ4n) is 6.24. The first-order chi connectivity index (χ1) is 20.9. The Balaban J connectivity index is 1.35. The van der Waals surface area contributed by atoms with Gasteiger partial charge in [-0.05, 0) is 48.5 Å². The van der Waals surface area contributed by atoms with E-state index >= 15 is 0 Å². The predicted octanol–water partition coefficient (Wildman–Crippen LogP) is 9.12. The number of amidine groups is 1. The van der Waals surface area contributed by atoms with Gasteiger partial charge in [0.05, 0.1) is 16.6 Å². The highest BCUT2D eigenvalue weighted by molar-refractivity contribution is 6.12. The molecule has 1 unspecified atom stereocenters. The minimum absolute atomic E-state index is 0.124. The van der Waals surface area contributed by atoms with Crippen molar-refractivity contribution < 1.29 is 4.58 Å². The summed E-state index contributed by atoms with van der Waals surface area (Å²) in [7, 11) is 0. The van der Waals surface area contributed by atoms with Gasteiger partial charge in [-0.3, -0.25) is 0 Å². The van der Waals surface area contributed by atoms with Gasteiger partial charge in [-0.2, -0.15) is 4.58 Å². The molecule has 0 saturated carbocycles. The predicted molar refractivity (Wildman–Crippen MR) is 173 cm³/mol. The van der Waals surface area contributed by atoms with Gasteiger partial charge in [0.2, 0.25) is 6.04 Å². The van der Waals surface area contributed by atoms with Gasteiger partial charge in [0.25, 0.3) is 0 Å². The number of rotatable bonds is 5. The monoisotopic (exact) mass is 538 g/mol. The Hall–Kier alpha value is -5.54. The molecule has 0 saturated heterocycles. The van der Waals surface area contributed by atoms with E-state index < -0.39 is 0 Å². The number of aliphatic imine (C=N–C) groups is 1. The van der Waals surface area contributed by atoms with Gasteiger partial charge in [-0.25, -0.2) is 0 Å². The normalized spacial score (nSPS) is 15.0. The number of benzene rings is 6. The molecule has 1 atom stereocenters. The summed E-state index contributed by atoms with van der Waals surface area (Å²) in [4.78, 5) is 5.40. The van der Waals surface area contributed by atoms with Crippen LogP contribution >= 0.6 is 0 Å². The summed E-state index contributed by atoms with van der Waals surface area (Å²) in [5, 5.41) is 2.53. The van der Waals surface area contributed by atoms with E-state index in [-0.39, 0.29) is 6.04 Å². The van der Waals surface area contributed by atoms with Crippen LogP contribution in [0.25, 0.3) is 27.5 Å². The van der Waals surface area contributed by atoms with Gasteiger partial charge in [0, 0.05) is 27.6 Å². The highest BCUT2D eigenvalue weighted by Gasteiger charge is 2.40. The first-order valence-corrected chi connectivity index (χ1v) is 14.4. The van der Waals surface area contributed by atoms with Crippen molar-refractivity contribution in [1.82, 2.24) is 4.57 Å². The van der Waals surface area contributed by atoms with Crippen LogP contribution in [0.3, 0.4) is 0 Å². The summed E-state index contributed by atoms with van der Waals surface area (Å²) in [6, 6.07) is 57.9. The Kier molecular flexibility index (Phi) is 5.86. The maximum Gasteiger partial charge on any atom is 0.331 e. The summed E-state index contributed by atoms with van der Waals surface area (Å²) in [5.41, 5.74) is 9.22. The number of para-hydroxylation sites is 2. The Labute approximate surface area is 245 Å². The molecule has 0 amide bonds. The van der Waals surface area contributed by atoms with E-state index in [0.29, 0.717) is 0 Å². The molecular weight excluding hydrogens is 510 g/mol. The number of aromatic nitrogens is 1. The fourth-order valence-corrected chi connectivity index (χ4v) is 6.24. The summed E-state index contributed by atoms with van der Waals surface area (Å²) in [5.74, 6) is 0.952. The highest BCUT2D eigenvalue weighted by Crippen LogP contribution is 2.35. The molecule has 1 aromatic heterocycles. The van der Waals surface area contributed by atoms with Crippen LogP contribution < -0.4 is 0 Å². The molecule has 3 heteroatoms. The minimum atomic E-state index is -0.124. The Bertz CT molecular complexity index is 2050. The third kappa shape index (κ3) is 3.98. The molecule has 2 heterocycles. The molecule has 1 aliphatic rings. The lowest BCUT2D eigenvalue weighted by atomic mass is 9.97. The average Bonchev–Trinajstić information content (AvgIpc) is 3.63. The lowest BCUT2D eigenvalue weighted by molar-refractivity contribution is -0.301. The van der Waals surface area contributed by atoms with Crippen LogP contribution in [0.4, 0.5) is 5.69 Å². The quantitative estimate of drug-likeness (QED) is 0.195. The second-order valence-electron chi connectivity index (χ2n) is 10.6.